The summed E-state index contributed by atoms with van der Waals surface area (Å²) >= 11 is 0. The average molecular weight is 780 g/mol. The third-order valence-corrected chi connectivity index (χ3v) is 20.8. The molecule has 2 amide bonds. The fourth-order valence-corrected chi connectivity index (χ4v) is 13.7. The fourth-order valence-electron chi connectivity index (χ4n) is 7.60. The van der Waals surface area contributed by atoms with Crippen LogP contribution in [0, 0.1) is 5.92 Å². The molecule has 300 valence electrons. The molecule has 2 aromatic rings. The first-order chi connectivity index (χ1) is 25.5. The fraction of sp³-hybridized carbons (Fsp3) is 0.636. The highest BCUT2D eigenvalue weighted by Gasteiger charge is 2.65. The Morgan fingerprint density at radius 1 is 0.870 bits per heavy atom. The number of nitrogens with zero attached hydrogens (tertiary/aromatic N) is 1. The van der Waals surface area contributed by atoms with E-state index in [0.29, 0.717) is 6.61 Å². The highest BCUT2D eigenvalue weighted by molar-refractivity contribution is 6.99. The number of rotatable bonds is 19. The van der Waals surface area contributed by atoms with Crippen molar-refractivity contribution in [2.45, 2.75) is 160 Å². The number of hydrogen-bond acceptors (Lipinski definition) is 7. The maximum absolute atomic E-state index is 15.0. The van der Waals surface area contributed by atoms with Crippen molar-refractivity contribution >= 4 is 39.0 Å². The molecule has 0 bridgehead atoms. The van der Waals surface area contributed by atoms with E-state index in [1.165, 1.54) is 43.4 Å². The third kappa shape index (κ3) is 10.8. The SMILES string of the molecule is CCCCCCCCC[C@@H]1O[C@H]1/C=C/[C@@H](O)[C@@H]1C(=O)N(C(=O)OC(C)(C)C)[C@H](CO[Si](C)(C)C(C)(C)C)[C@H]1[Si](OCC)(c1ccccc1)c1ccccc1. The van der Waals surface area contributed by atoms with Gasteiger partial charge in [-0.2, -0.15) is 0 Å². The Hall–Kier alpha value is -2.61. The number of aliphatic hydroxyl groups is 1. The summed E-state index contributed by atoms with van der Waals surface area (Å²) in [5.41, 5.74) is -1.48. The molecule has 0 saturated carbocycles. The molecule has 54 heavy (non-hydrogen) atoms. The van der Waals surface area contributed by atoms with Crippen LogP contribution in [0.3, 0.4) is 0 Å². The molecule has 4 rings (SSSR count). The summed E-state index contributed by atoms with van der Waals surface area (Å²) < 4.78 is 26.0. The molecule has 2 heterocycles. The minimum absolute atomic E-state index is 0.104. The van der Waals surface area contributed by atoms with Gasteiger partial charge in [0.2, 0.25) is 5.91 Å². The van der Waals surface area contributed by atoms with Crippen LogP contribution in [0.2, 0.25) is 23.7 Å². The molecule has 0 aromatic heterocycles. The summed E-state index contributed by atoms with van der Waals surface area (Å²) in [6, 6.07) is 19.4. The molecule has 0 spiro atoms. The Labute approximate surface area is 328 Å². The van der Waals surface area contributed by atoms with Crippen molar-refractivity contribution in [3.63, 3.8) is 0 Å². The van der Waals surface area contributed by atoms with Crippen LogP contribution in [-0.2, 0) is 23.1 Å². The van der Waals surface area contributed by atoms with E-state index < -0.39 is 57.8 Å². The maximum Gasteiger partial charge on any atom is 0.417 e. The largest absolute Gasteiger partial charge is 0.443 e. The van der Waals surface area contributed by atoms with Gasteiger partial charge in [-0.25, -0.2) is 9.69 Å². The summed E-state index contributed by atoms with van der Waals surface area (Å²) in [7, 11) is -5.86. The molecule has 8 nitrogen and oxygen atoms in total. The van der Waals surface area contributed by atoms with Crippen LogP contribution >= 0.6 is 0 Å². The number of imide groups is 1. The van der Waals surface area contributed by atoms with E-state index in [1.54, 1.807) is 26.8 Å². The number of carbonyl (C=O) groups is 2. The molecule has 2 saturated heterocycles. The topological polar surface area (TPSA) is 97.8 Å². The number of aliphatic hydroxyl groups excluding tert-OH is 1. The van der Waals surface area contributed by atoms with Crippen molar-refractivity contribution in [3.8, 4) is 0 Å². The minimum atomic E-state index is -3.48. The van der Waals surface area contributed by atoms with Crippen molar-refractivity contribution < 1.29 is 33.0 Å². The smallest absolute Gasteiger partial charge is 0.417 e. The second-order valence-electron chi connectivity index (χ2n) is 17.7. The van der Waals surface area contributed by atoms with Gasteiger partial charge in [0, 0.05) is 12.1 Å². The molecule has 0 radical (unpaired) electrons. The Morgan fingerprint density at radius 2 is 1.43 bits per heavy atom. The van der Waals surface area contributed by atoms with Crippen molar-refractivity contribution in [1.29, 1.82) is 0 Å². The van der Waals surface area contributed by atoms with Crippen LogP contribution < -0.4 is 10.4 Å². The summed E-state index contributed by atoms with van der Waals surface area (Å²) in [5.74, 6) is -1.49. The maximum atomic E-state index is 15.0. The minimum Gasteiger partial charge on any atom is -0.443 e. The summed E-state index contributed by atoms with van der Waals surface area (Å²) in [6.07, 6.45) is 11.4. The van der Waals surface area contributed by atoms with E-state index in [0.717, 1.165) is 23.2 Å². The van der Waals surface area contributed by atoms with E-state index >= 15 is 4.79 Å². The van der Waals surface area contributed by atoms with Crippen LogP contribution in [0.15, 0.2) is 72.8 Å². The van der Waals surface area contributed by atoms with Gasteiger partial charge in [0.1, 0.15) is 11.7 Å². The summed E-state index contributed by atoms with van der Waals surface area (Å²) in [5, 5.41) is 14.1. The Morgan fingerprint density at radius 3 is 1.94 bits per heavy atom. The quantitative estimate of drug-likeness (QED) is 0.0659. The number of epoxide rings is 1. The van der Waals surface area contributed by atoms with Crippen LogP contribution in [-0.4, -0.2) is 81.8 Å². The number of likely N-dealkylation sites (tertiary alicyclic amines) is 1. The van der Waals surface area contributed by atoms with Crippen molar-refractivity contribution in [2.75, 3.05) is 13.2 Å². The summed E-state index contributed by atoms with van der Waals surface area (Å²) in [4.78, 5) is 30.6. The van der Waals surface area contributed by atoms with E-state index in [4.69, 9.17) is 18.3 Å². The highest BCUT2D eigenvalue weighted by Crippen LogP contribution is 2.47. The van der Waals surface area contributed by atoms with Gasteiger partial charge in [0.15, 0.2) is 8.32 Å². The molecule has 2 fully saturated rings. The molecular weight excluding hydrogens is 711 g/mol. The molecule has 10 heteroatoms. The monoisotopic (exact) mass is 779 g/mol. The predicted octanol–water partition coefficient (Wildman–Crippen LogP) is 8.76. The Bertz CT molecular complexity index is 1460. The molecule has 2 aliphatic rings. The summed E-state index contributed by atoms with van der Waals surface area (Å²) in [6.45, 7) is 20.9. The lowest BCUT2D eigenvalue weighted by Gasteiger charge is -2.44. The zero-order valence-corrected chi connectivity index (χ0v) is 36.8. The predicted molar refractivity (Wildman–Crippen MR) is 223 cm³/mol. The number of unbranched alkanes of at least 4 members (excludes halogenated alkanes) is 6. The van der Waals surface area contributed by atoms with Crippen molar-refractivity contribution in [3.05, 3.63) is 72.8 Å². The molecular formula is C44H69NO7Si2. The van der Waals surface area contributed by atoms with Gasteiger partial charge < -0.3 is 23.4 Å². The van der Waals surface area contributed by atoms with Crippen LogP contribution in [0.5, 0.6) is 0 Å². The lowest BCUT2D eigenvalue weighted by molar-refractivity contribution is -0.133. The van der Waals surface area contributed by atoms with Crippen molar-refractivity contribution in [1.82, 2.24) is 4.90 Å². The van der Waals surface area contributed by atoms with Gasteiger partial charge in [-0.1, -0.05) is 145 Å². The number of ether oxygens (including phenoxy) is 2. The first-order valence-corrected chi connectivity index (χ1v) is 25.3. The van der Waals surface area contributed by atoms with Gasteiger partial charge in [-0.05, 0) is 62.6 Å². The zero-order chi connectivity index (χ0) is 39.7. The third-order valence-electron chi connectivity index (χ3n) is 11.5. The van der Waals surface area contributed by atoms with Crippen LogP contribution in [0.4, 0.5) is 4.79 Å². The molecule has 1 N–H and O–H groups in total. The van der Waals surface area contributed by atoms with Crippen LogP contribution in [0.1, 0.15) is 107 Å². The first kappa shape index (κ1) is 44.1. The Kier molecular flexibility index (Phi) is 15.5. The number of benzene rings is 2. The standard InChI is InChI=1S/C44H69NO7Si2/c1-11-13-14-15-16-17-24-29-37-38(51-37)31-30-36(46)39-40(54(49-12-2,33-25-20-18-21-26-33)34-27-22-19-23-28-34)35(32-50-53(9,10)44(6,7)8)45(41(39)47)42(48)52-43(3,4)5/h18-23,25-28,30-31,35-40,46H,11-17,24,29,32H2,1-10H3/b31-30+/t35-,36-,37+,38+,39+,40-/m1/s1. The first-order valence-electron chi connectivity index (χ1n) is 20.4. The second kappa shape index (κ2) is 19.0. The van der Waals surface area contributed by atoms with E-state index in [9.17, 15) is 9.90 Å². The highest BCUT2D eigenvalue weighted by atomic mass is 28.4. The van der Waals surface area contributed by atoms with Crippen molar-refractivity contribution in [2.24, 2.45) is 5.92 Å². The molecule has 0 aliphatic carbocycles. The lowest BCUT2D eigenvalue weighted by atomic mass is 9.96. The number of amides is 2. The molecule has 2 aliphatic heterocycles. The number of hydrogen-bond donors (Lipinski definition) is 1. The lowest BCUT2D eigenvalue weighted by Crippen LogP contribution is -2.68. The normalized spacial score (nSPS) is 22.9. The van der Waals surface area contributed by atoms with E-state index in [-0.39, 0.29) is 23.9 Å². The van der Waals surface area contributed by atoms with Crippen LogP contribution in [0.25, 0.3) is 0 Å². The average Bonchev–Trinajstić information content (AvgIpc) is 3.80. The zero-order valence-electron chi connectivity index (χ0n) is 34.8. The van der Waals surface area contributed by atoms with E-state index in [1.807, 2.05) is 49.4 Å². The molecule has 0 unspecified atom stereocenters. The van der Waals surface area contributed by atoms with E-state index in [2.05, 4.69) is 65.1 Å². The van der Waals surface area contributed by atoms with Gasteiger partial charge in [0.25, 0.3) is 8.32 Å². The van der Waals surface area contributed by atoms with Gasteiger partial charge in [0.05, 0.1) is 30.8 Å². The second-order valence-corrected chi connectivity index (χ2v) is 26.1. The van der Waals surface area contributed by atoms with Gasteiger partial charge in [-0.3, -0.25) is 4.79 Å². The molecule has 2 aromatic carbocycles. The molecule has 6 atom stereocenters. The number of carbonyl (C=O) groups excluding carboxylic acids is 2. The van der Waals surface area contributed by atoms with Gasteiger partial charge >= 0.3 is 6.09 Å². The van der Waals surface area contributed by atoms with Gasteiger partial charge in [-0.15, -0.1) is 0 Å². The Balaban J connectivity index is 1.80.